The molecule has 0 radical (unpaired) electrons. The van der Waals surface area contributed by atoms with Gasteiger partial charge in [-0.05, 0) is 23.6 Å². The minimum Gasteiger partial charge on any atom is -0.391 e. The van der Waals surface area contributed by atoms with Gasteiger partial charge in [-0.2, -0.15) is 0 Å². The molecule has 0 bridgehead atoms. The smallest absolute Gasteiger partial charge is 0.0731 e. The van der Waals surface area contributed by atoms with E-state index in [-0.39, 0.29) is 6.10 Å². The third kappa shape index (κ3) is 2.26. The van der Waals surface area contributed by atoms with Gasteiger partial charge in [0.25, 0.3) is 0 Å². The molecule has 3 N–H and O–H groups in total. The van der Waals surface area contributed by atoms with E-state index in [1.54, 1.807) is 0 Å². The van der Waals surface area contributed by atoms with Crippen LogP contribution in [-0.2, 0) is 6.54 Å². The number of nitrogens with zero attached hydrogens (tertiary/aromatic N) is 1. The van der Waals surface area contributed by atoms with Crippen molar-refractivity contribution in [1.82, 2.24) is 4.90 Å². The molecule has 1 saturated heterocycles. The molecule has 1 aromatic carbocycles. The first-order valence-corrected chi connectivity index (χ1v) is 5.62. The summed E-state index contributed by atoms with van der Waals surface area (Å²) in [5, 5.41) is 9.49. The number of benzene rings is 1. The molecule has 86 valence electrons. The van der Waals surface area contributed by atoms with E-state index in [2.05, 4.69) is 17.5 Å². The zero-order chi connectivity index (χ0) is 11.5. The van der Waals surface area contributed by atoms with Gasteiger partial charge in [0, 0.05) is 25.3 Å². The zero-order valence-corrected chi connectivity index (χ0v) is 9.39. The van der Waals surface area contributed by atoms with Gasteiger partial charge in [-0.15, -0.1) is 0 Å². The Labute approximate surface area is 96.2 Å². The van der Waals surface area contributed by atoms with E-state index < -0.39 is 0 Å². The number of aliphatic hydroxyl groups excluding tert-OH is 1. The highest BCUT2D eigenvalue weighted by Crippen LogP contribution is 2.23. The summed E-state index contributed by atoms with van der Waals surface area (Å²) in [4.78, 5) is 2.13. The van der Waals surface area contributed by atoms with Crippen molar-refractivity contribution in [2.24, 2.45) is 5.73 Å². The topological polar surface area (TPSA) is 49.5 Å². The van der Waals surface area contributed by atoms with Crippen LogP contribution in [0.3, 0.4) is 0 Å². The first-order chi connectivity index (χ1) is 7.70. The van der Waals surface area contributed by atoms with Gasteiger partial charge in [-0.25, -0.2) is 0 Å². The summed E-state index contributed by atoms with van der Waals surface area (Å²) in [6, 6.07) is 8.10. The second kappa shape index (κ2) is 4.68. The average molecular weight is 218 g/mol. The summed E-state index contributed by atoms with van der Waals surface area (Å²) in [6.07, 6.45) is 0.615. The van der Waals surface area contributed by atoms with Gasteiger partial charge in [0.2, 0.25) is 0 Å². The Morgan fingerprint density at radius 3 is 3.00 bits per heavy atom. The molecular formula is C13H18N2O. The van der Waals surface area contributed by atoms with Gasteiger partial charge in [-0.1, -0.05) is 24.8 Å². The Morgan fingerprint density at radius 2 is 2.38 bits per heavy atom. The van der Waals surface area contributed by atoms with Crippen molar-refractivity contribution in [1.29, 1.82) is 0 Å². The normalized spacial score (nSPS) is 20.1. The second-order valence-corrected chi connectivity index (χ2v) is 4.24. The molecule has 1 heterocycles. The van der Waals surface area contributed by atoms with E-state index in [0.29, 0.717) is 13.1 Å². The summed E-state index contributed by atoms with van der Waals surface area (Å²) >= 11 is 0. The van der Waals surface area contributed by atoms with Crippen LogP contribution < -0.4 is 5.73 Å². The molecule has 1 atom stereocenters. The Kier molecular flexibility index (Phi) is 3.27. The molecule has 0 aromatic heterocycles. The van der Waals surface area contributed by atoms with Gasteiger partial charge in [0.05, 0.1) is 6.10 Å². The lowest BCUT2D eigenvalue weighted by atomic mass is 10.1. The molecule has 0 amide bonds. The summed E-state index contributed by atoms with van der Waals surface area (Å²) in [5.74, 6) is 0. The standard InChI is InChI=1S/C13H18N2O/c1-10(15-6-5-13(16)9-15)12-4-2-3-11(7-12)8-14/h2-4,7,13,16H,1,5-6,8-9,14H2/t13-/m0/s1. The summed E-state index contributed by atoms with van der Waals surface area (Å²) in [5.41, 5.74) is 8.79. The lowest BCUT2D eigenvalue weighted by molar-refractivity contribution is 0.187. The maximum atomic E-state index is 9.49. The predicted octanol–water partition coefficient (Wildman–Crippen LogP) is 1.18. The SMILES string of the molecule is C=C(c1cccc(CN)c1)N1CC[C@H](O)C1. The van der Waals surface area contributed by atoms with Crippen LogP contribution in [0, 0.1) is 0 Å². The van der Waals surface area contributed by atoms with Crippen LogP contribution in [0.2, 0.25) is 0 Å². The molecule has 1 aromatic rings. The monoisotopic (exact) mass is 218 g/mol. The Morgan fingerprint density at radius 1 is 1.56 bits per heavy atom. The molecule has 0 unspecified atom stereocenters. The summed E-state index contributed by atoms with van der Waals surface area (Å²) < 4.78 is 0. The van der Waals surface area contributed by atoms with Crippen LogP contribution in [-0.4, -0.2) is 29.2 Å². The minimum atomic E-state index is -0.213. The largest absolute Gasteiger partial charge is 0.391 e. The quantitative estimate of drug-likeness (QED) is 0.801. The van der Waals surface area contributed by atoms with Gasteiger partial charge in [0.1, 0.15) is 0 Å². The summed E-state index contributed by atoms with van der Waals surface area (Å²) in [7, 11) is 0. The number of nitrogens with two attached hydrogens (primary N) is 1. The molecule has 1 aliphatic heterocycles. The molecule has 0 aliphatic carbocycles. The maximum Gasteiger partial charge on any atom is 0.0731 e. The number of β-amino-alcohol motifs (C(OH)–C–C–N with tert-alkyl or cyclic N) is 1. The van der Waals surface area contributed by atoms with Gasteiger partial charge >= 0.3 is 0 Å². The predicted molar refractivity (Wildman–Crippen MR) is 65.6 cm³/mol. The highest BCUT2D eigenvalue weighted by Gasteiger charge is 2.21. The highest BCUT2D eigenvalue weighted by molar-refractivity contribution is 5.62. The van der Waals surface area contributed by atoms with E-state index >= 15 is 0 Å². The Hall–Kier alpha value is -1.32. The van der Waals surface area contributed by atoms with Gasteiger partial charge in [-0.3, -0.25) is 0 Å². The molecule has 16 heavy (non-hydrogen) atoms. The van der Waals surface area contributed by atoms with Crippen LogP contribution in [0.1, 0.15) is 17.5 Å². The number of hydrogen-bond donors (Lipinski definition) is 2. The third-order valence-electron chi connectivity index (χ3n) is 3.04. The maximum absolute atomic E-state index is 9.49. The van der Waals surface area contributed by atoms with Crippen LogP contribution >= 0.6 is 0 Å². The molecule has 0 saturated carbocycles. The Bertz CT molecular complexity index is 389. The first-order valence-electron chi connectivity index (χ1n) is 5.62. The molecule has 1 aliphatic rings. The van der Waals surface area contributed by atoms with Gasteiger partial charge in [0.15, 0.2) is 0 Å². The lowest BCUT2D eigenvalue weighted by Gasteiger charge is -2.21. The fourth-order valence-corrected chi connectivity index (χ4v) is 2.05. The minimum absolute atomic E-state index is 0.213. The van der Waals surface area contributed by atoms with E-state index in [0.717, 1.165) is 29.8 Å². The van der Waals surface area contributed by atoms with Crippen LogP contribution in [0.4, 0.5) is 0 Å². The van der Waals surface area contributed by atoms with Crippen molar-refractivity contribution in [3.8, 4) is 0 Å². The fourth-order valence-electron chi connectivity index (χ4n) is 2.05. The second-order valence-electron chi connectivity index (χ2n) is 4.24. The van der Waals surface area contributed by atoms with E-state index in [1.807, 2.05) is 18.2 Å². The molecule has 1 fully saturated rings. The summed E-state index contributed by atoms with van der Waals surface area (Å²) in [6.45, 7) is 6.20. The van der Waals surface area contributed by atoms with Crippen LogP contribution in [0.5, 0.6) is 0 Å². The van der Waals surface area contributed by atoms with Crippen molar-refractivity contribution >= 4 is 5.70 Å². The number of likely N-dealkylation sites (tertiary alicyclic amines) is 1. The van der Waals surface area contributed by atoms with Crippen LogP contribution in [0.25, 0.3) is 5.70 Å². The number of aliphatic hydroxyl groups is 1. The van der Waals surface area contributed by atoms with Gasteiger partial charge < -0.3 is 15.7 Å². The molecule has 3 heteroatoms. The van der Waals surface area contributed by atoms with Crippen molar-refractivity contribution in [3.05, 3.63) is 42.0 Å². The van der Waals surface area contributed by atoms with E-state index in [4.69, 9.17) is 5.73 Å². The van der Waals surface area contributed by atoms with E-state index in [1.165, 1.54) is 0 Å². The van der Waals surface area contributed by atoms with Crippen LogP contribution in [0.15, 0.2) is 30.8 Å². The first kappa shape index (κ1) is 11.2. The number of rotatable bonds is 3. The average Bonchev–Trinajstić information content (AvgIpc) is 2.75. The molecule has 2 rings (SSSR count). The molecular weight excluding hydrogens is 200 g/mol. The highest BCUT2D eigenvalue weighted by atomic mass is 16.3. The molecule has 3 nitrogen and oxygen atoms in total. The fraction of sp³-hybridized carbons (Fsp3) is 0.385. The van der Waals surface area contributed by atoms with Crippen molar-refractivity contribution in [3.63, 3.8) is 0 Å². The zero-order valence-electron chi connectivity index (χ0n) is 9.39. The van der Waals surface area contributed by atoms with Crippen molar-refractivity contribution < 1.29 is 5.11 Å². The Balaban J connectivity index is 2.14. The number of hydrogen-bond acceptors (Lipinski definition) is 3. The van der Waals surface area contributed by atoms with Crippen molar-refractivity contribution in [2.45, 2.75) is 19.1 Å². The molecule has 0 spiro atoms. The van der Waals surface area contributed by atoms with E-state index in [9.17, 15) is 5.11 Å². The third-order valence-corrected chi connectivity index (χ3v) is 3.04. The lowest BCUT2D eigenvalue weighted by Crippen LogP contribution is -2.20. The van der Waals surface area contributed by atoms with Crippen molar-refractivity contribution in [2.75, 3.05) is 13.1 Å².